The molecule has 1 amide bonds. The number of ether oxygens (including phenoxy) is 2. The molecule has 1 atom stereocenters. The van der Waals surface area contributed by atoms with Crippen LogP contribution < -0.4 is 10.1 Å². The first kappa shape index (κ1) is 26.5. The van der Waals surface area contributed by atoms with E-state index < -0.39 is 12.6 Å². The van der Waals surface area contributed by atoms with Crippen LogP contribution in [0.1, 0.15) is 58.7 Å². The smallest absolute Gasteiger partial charge is 0.337 e. The van der Waals surface area contributed by atoms with Crippen LogP contribution in [0.2, 0.25) is 0 Å². The molecule has 6 nitrogen and oxygen atoms in total. The minimum absolute atomic E-state index is 0.251. The Kier molecular flexibility index (Phi) is 8.84. The summed E-state index contributed by atoms with van der Waals surface area (Å²) >= 11 is 0. The van der Waals surface area contributed by atoms with Gasteiger partial charge in [0.2, 0.25) is 0 Å². The molecule has 0 radical (unpaired) electrons. The molecule has 0 aliphatic rings. The molecule has 0 aliphatic heterocycles. The van der Waals surface area contributed by atoms with Crippen LogP contribution in [0.4, 0.5) is 4.39 Å². The van der Waals surface area contributed by atoms with E-state index in [4.69, 9.17) is 9.47 Å². The molecule has 7 heteroatoms. The fraction of sp³-hybridized carbons (Fsp3) is 0.241. The lowest BCUT2D eigenvalue weighted by molar-refractivity contribution is 0.0600. The molecule has 36 heavy (non-hydrogen) atoms. The Morgan fingerprint density at radius 2 is 1.67 bits per heavy atom. The van der Waals surface area contributed by atoms with Gasteiger partial charge in [0.25, 0.3) is 5.91 Å². The number of carbonyl (C=O) groups is 2. The number of amides is 1. The SMILES string of the molecule is CC.COC(=O)c1ccc(C(C)NC(=O)c2cn(C)c3cccc(Oc4ccc(CF)cc4)c23)cc1. The van der Waals surface area contributed by atoms with Crippen molar-refractivity contribution in [3.63, 3.8) is 0 Å². The van der Waals surface area contributed by atoms with Crippen LogP contribution in [0.3, 0.4) is 0 Å². The minimum atomic E-state index is -0.539. The van der Waals surface area contributed by atoms with Gasteiger partial charge in [-0.2, -0.15) is 0 Å². The highest BCUT2D eigenvalue weighted by Gasteiger charge is 2.20. The molecule has 1 N–H and O–H groups in total. The Labute approximate surface area is 210 Å². The first-order valence-electron chi connectivity index (χ1n) is 11.8. The number of nitrogens with one attached hydrogen (secondary N) is 1. The third kappa shape index (κ3) is 5.74. The van der Waals surface area contributed by atoms with E-state index in [-0.39, 0.29) is 11.9 Å². The van der Waals surface area contributed by atoms with E-state index in [1.807, 2.05) is 44.5 Å². The summed E-state index contributed by atoms with van der Waals surface area (Å²) in [6, 6.07) is 18.9. The molecule has 1 unspecified atom stereocenters. The summed E-state index contributed by atoms with van der Waals surface area (Å²) in [4.78, 5) is 24.9. The minimum Gasteiger partial charge on any atom is -0.465 e. The van der Waals surface area contributed by atoms with Crippen LogP contribution in [0.15, 0.2) is 72.9 Å². The maximum atomic E-state index is 13.3. The van der Waals surface area contributed by atoms with Crippen molar-refractivity contribution in [1.82, 2.24) is 9.88 Å². The number of halogens is 1. The zero-order valence-electron chi connectivity index (χ0n) is 21.2. The van der Waals surface area contributed by atoms with Crippen molar-refractivity contribution in [3.05, 3.63) is 95.2 Å². The van der Waals surface area contributed by atoms with Crippen molar-refractivity contribution in [2.75, 3.05) is 7.11 Å². The van der Waals surface area contributed by atoms with E-state index >= 15 is 0 Å². The number of alkyl halides is 1. The van der Waals surface area contributed by atoms with Crippen molar-refractivity contribution < 1.29 is 23.5 Å². The fourth-order valence-corrected chi connectivity index (χ4v) is 3.83. The molecule has 1 aromatic heterocycles. The predicted octanol–water partition coefficient (Wildman–Crippen LogP) is 6.74. The second-order valence-corrected chi connectivity index (χ2v) is 7.99. The van der Waals surface area contributed by atoms with Crippen molar-refractivity contribution in [2.45, 2.75) is 33.5 Å². The van der Waals surface area contributed by atoms with Gasteiger partial charge in [-0.15, -0.1) is 0 Å². The lowest BCUT2D eigenvalue weighted by Crippen LogP contribution is -2.26. The predicted molar refractivity (Wildman–Crippen MR) is 139 cm³/mol. The summed E-state index contributed by atoms with van der Waals surface area (Å²) in [6.45, 7) is 5.34. The largest absolute Gasteiger partial charge is 0.465 e. The first-order chi connectivity index (χ1) is 17.4. The Hall–Kier alpha value is -4.13. The zero-order valence-corrected chi connectivity index (χ0v) is 21.2. The van der Waals surface area contributed by atoms with Gasteiger partial charge in [-0.3, -0.25) is 4.79 Å². The third-order valence-electron chi connectivity index (χ3n) is 5.71. The summed E-state index contributed by atoms with van der Waals surface area (Å²) in [7, 11) is 3.20. The van der Waals surface area contributed by atoms with E-state index in [2.05, 4.69) is 5.32 Å². The topological polar surface area (TPSA) is 69.6 Å². The highest BCUT2D eigenvalue weighted by atomic mass is 19.1. The van der Waals surface area contributed by atoms with Gasteiger partial charge in [0.15, 0.2) is 0 Å². The normalized spacial score (nSPS) is 11.3. The van der Waals surface area contributed by atoms with Gasteiger partial charge < -0.3 is 19.4 Å². The number of rotatable bonds is 7. The quantitative estimate of drug-likeness (QED) is 0.291. The molecule has 4 aromatic rings. The summed E-state index contributed by atoms with van der Waals surface area (Å²) in [5.41, 5.74) is 3.19. The van der Waals surface area contributed by atoms with Crippen LogP contribution in [-0.2, 0) is 18.5 Å². The maximum Gasteiger partial charge on any atom is 0.337 e. The third-order valence-corrected chi connectivity index (χ3v) is 5.71. The van der Waals surface area contributed by atoms with Crippen LogP contribution in [0.25, 0.3) is 10.9 Å². The van der Waals surface area contributed by atoms with Gasteiger partial charge in [0, 0.05) is 13.2 Å². The van der Waals surface area contributed by atoms with Crippen LogP contribution in [0.5, 0.6) is 11.5 Å². The Balaban J connectivity index is 0.00000176. The molecule has 0 saturated carbocycles. The molecule has 188 valence electrons. The number of methoxy groups -OCH3 is 1. The number of fused-ring (bicyclic) bond motifs is 1. The van der Waals surface area contributed by atoms with E-state index in [9.17, 15) is 14.0 Å². The summed E-state index contributed by atoms with van der Waals surface area (Å²) in [5.74, 6) is 0.426. The van der Waals surface area contributed by atoms with Crippen LogP contribution >= 0.6 is 0 Å². The molecule has 4 rings (SSSR count). The molecule has 0 saturated heterocycles. The Morgan fingerprint density at radius 1 is 1.00 bits per heavy atom. The molecule has 0 fully saturated rings. The highest BCUT2D eigenvalue weighted by molar-refractivity contribution is 6.09. The second-order valence-electron chi connectivity index (χ2n) is 7.99. The fourth-order valence-electron chi connectivity index (χ4n) is 3.83. The molecular weight excluding hydrogens is 459 g/mol. The number of benzene rings is 3. The summed E-state index contributed by atoms with van der Waals surface area (Å²) in [6.07, 6.45) is 1.77. The monoisotopic (exact) mass is 490 g/mol. The summed E-state index contributed by atoms with van der Waals surface area (Å²) in [5, 5.41) is 3.71. The van der Waals surface area contributed by atoms with Gasteiger partial charge in [0.05, 0.1) is 35.2 Å². The first-order valence-corrected chi connectivity index (χ1v) is 11.8. The van der Waals surface area contributed by atoms with E-state index in [0.717, 1.165) is 11.1 Å². The number of hydrogen-bond acceptors (Lipinski definition) is 4. The van der Waals surface area contributed by atoms with E-state index in [1.54, 1.807) is 60.8 Å². The average Bonchev–Trinajstić information content (AvgIpc) is 3.27. The van der Waals surface area contributed by atoms with Crippen molar-refractivity contribution in [3.8, 4) is 11.5 Å². The Morgan fingerprint density at radius 3 is 2.28 bits per heavy atom. The number of aromatic nitrogens is 1. The van der Waals surface area contributed by atoms with Crippen LogP contribution in [-0.4, -0.2) is 23.6 Å². The lowest BCUT2D eigenvalue weighted by atomic mass is 10.1. The molecule has 0 bridgehead atoms. The molecule has 0 spiro atoms. The van der Waals surface area contributed by atoms with Gasteiger partial charge in [-0.25, -0.2) is 9.18 Å². The average molecular weight is 491 g/mol. The Bertz CT molecular complexity index is 1330. The van der Waals surface area contributed by atoms with Crippen molar-refractivity contribution >= 4 is 22.8 Å². The zero-order chi connectivity index (χ0) is 26.2. The van der Waals surface area contributed by atoms with Gasteiger partial charge in [0.1, 0.15) is 18.2 Å². The molecule has 0 aliphatic carbocycles. The van der Waals surface area contributed by atoms with Crippen LogP contribution in [0, 0.1) is 0 Å². The number of esters is 1. The second kappa shape index (κ2) is 12.0. The molecular formula is C29H31FN2O4. The van der Waals surface area contributed by atoms with Crippen molar-refractivity contribution in [2.24, 2.45) is 7.05 Å². The number of hydrogen-bond donors (Lipinski definition) is 1. The van der Waals surface area contributed by atoms with E-state index in [0.29, 0.717) is 33.6 Å². The van der Waals surface area contributed by atoms with Gasteiger partial charge in [-0.05, 0) is 54.4 Å². The number of nitrogens with zero attached hydrogens (tertiary/aromatic N) is 1. The van der Waals surface area contributed by atoms with E-state index in [1.165, 1.54) is 7.11 Å². The van der Waals surface area contributed by atoms with Gasteiger partial charge >= 0.3 is 5.97 Å². The summed E-state index contributed by atoms with van der Waals surface area (Å²) < 4.78 is 25.5. The number of aryl methyl sites for hydroxylation is 1. The molecule has 3 aromatic carbocycles. The number of carbonyl (C=O) groups excluding carboxylic acids is 2. The van der Waals surface area contributed by atoms with Crippen molar-refractivity contribution in [1.29, 1.82) is 0 Å². The standard InChI is InChI=1S/C27H25FN2O4.C2H6/c1-17(19-9-11-20(12-10-19)27(32)33-3)29-26(31)22-16-30(2)23-5-4-6-24(25(22)23)34-21-13-7-18(15-28)8-14-21;1-2/h4-14,16-17H,15H2,1-3H3,(H,29,31);1-2H3. The molecule has 1 heterocycles. The van der Waals surface area contributed by atoms with Gasteiger partial charge in [-0.1, -0.05) is 44.2 Å². The lowest BCUT2D eigenvalue weighted by Gasteiger charge is -2.15. The maximum absolute atomic E-state index is 13.3. The highest BCUT2D eigenvalue weighted by Crippen LogP contribution is 2.34.